The Bertz CT molecular complexity index is 872. The highest BCUT2D eigenvalue weighted by atomic mass is 35.5. The molecule has 0 aliphatic carbocycles. The van der Waals surface area contributed by atoms with E-state index in [1.54, 1.807) is 0 Å². The van der Waals surface area contributed by atoms with Crippen LogP contribution in [-0.2, 0) is 0 Å². The van der Waals surface area contributed by atoms with Crippen molar-refractivity contribution in [1.29, 1.82) is 0 Å². The fourth-order valence-electron chi connectivity index (χ4n) is 3.68. The molecule has 2 aromatic rings. The molecule has 0 amide bonds. The van der Waals surface area contributed by atoms with Gasteiger partial charge in [0, 0.05) is 28.1 Å². The van der Waals surface area contributed by atoms with Gasteiger partial charge in [0.15, 0.2) is 0 Å². The normalized spacial score (nSPS) is 21.1. The molecule has 2 aliphatic rings. The number of hydrogen-bond donors (Lipinski definition) is 1. The summed E-state index contributed by atoms with van der Waals surface area (Å²) in [5.41, 5.74) is 10.4. The molecule has 2 nitrogen and oxygen atoms in total. The molecule has 0 spiro atoms. The van der Waals surface area contributed by atoms with Gasteiger partial charge in [0.2, 0.25) is 0 Å². The van der Waals surface area contributed by atoms with Crippen molar-refractivity contribution in [3.63, 3.8) is 0 Å². The summed E-state index contributed by atoms with van der Waals surface area (Å²) in [5, 5.41) is 3.89. The van der Waals surface area contributed by atoms with Gasteiger partial charge in [-0.1, -0.05) is 54.4 Å². The third-order valence-electron chi connectivity index (χ3n) is 4.89. The lowest BCUT2D eigenvalue weighted by Gasteiger charge is -2.26. The Labute approximate surface area is 175 Å². The van der Waals surface area contributed by atoms with E-state index in [9.17, 15) is 0 Å². The van der Waals surface area contributed by atoms with E-state index in [1.165, 1.54) is 28.0 Å². The summed E-state index contributed by atoms with van der Waals surface area (Å²) in [6.45, 7) is 3.21. The molecule has 1 N–H and O–H groups in total. The maximum atomic E-state index is 6.09. The number of hydrogen-bond acceptors (Lipinski definition) is 3. The van der Waals surface area contributed by atoms with Crippen LogP contribution in [-0.4, -0.2) is 23.1 Å². The predicted molar refractivity (Wildman–Crippen MR) is 118 cm³/mol. The highest BCUT2D eigenvalue weighted by Gasteiger charge is 2.35. The van der Waals surface area contributed by atoms with Gasteiger partial charge in [0.1, 0.15) is 0 Å². The van der Waals surface area contributed by atoms with E-state index in [4.69, 9.17) is 23.2 Å². The van der Waals surface area contributed by atoms with Gasteiger partial charge in [-0.2, -0.15) is 11.8 Å². The summed E-state index contributed by atoms with van der Waals surface area (Å²) in [6.07, 6.45) is 3.39. The van der Waals surface area contributed by atoms with Gasteiger partial charge in [-0.15, -0.1) is 0 Å². The second-order valence-corrected chi connectivity index (χ2v) is 8.71. The fraction of sp³-hybridized carbons (Fsp3) is 0.273. The molecule has 0 saturated carbocycles. The molecule has 0 fully saturated rings. The van der Waals surface area contributed by atoms with Gasteiger partial charge < -0.3 is 5.01 Å². The minimum absolute atomic E-state index is 0.213. The van der Waals surface area contributed by atoms with E-state index in [-0.39, 0.29) is 6.04 Å². The van der Waals surface area contributed by atoms with Crippen molar-refractivity contribution < 1.29 is 0 Å². The molecule has 1 atom stereocenters. The number of benzene rings is 2. The Morgan fingerprint density at radius 3 is 2.37 bits per heavy atom. The van der Waals surface area contributed by atoms with Crippen molar-refractivity contribution >= 4 is 41.0 Å². The summed E-state index contributed by atoms with van der Waals surface area (Å²) in [6, 6.07) is 16.5. The van der Waals surface area contributed by atoms with Crippen LogP contribution < -0.4 is 5.43 Å². The first kappa shape index (κ1) is 18.9. The summed E-state index contributed by atoms with van der Waals surface area (Å²) in [7, 11) is 0. The lowest BCUT2D eigenvalue weighted by Crippen LogP contribution is -2.34. The van der Waals surface area contributed by atoms with Crippen LogP contribution in [0.3, 0.4) is 0 Å². The quantitative estimate of drug-likeness (QED) is 0.624. The van der Waals surface area contributed by atoms with E-state index in [0.29, 0.717) is 0 Å². The molecule has 0 saturated heterocycles. The van der Waals surface area contributed by atoms with Crippen molar-refractivity contribution in [3.8, 4) is 0 Å². The Morgan fingerprint density at radius 1 is 1.04 bits per heavy atom. The first-order valence-corrected chi connectivity index (χ1v) is 11.1. The van der Waals surface area contributed by atoms with Crippen molar-refractivity contribution in [1.82, 2.24) is 10.4 Å². The smallest absolute Gasteiger partial charge is 0.0753 e. The lowest BCUT2D eigenvalue weighted by atomic mass is 9.97. The predicted octanol–water partition coefficient (Wildman–Crippen LogP) is 6.35. The average molecular weight is 417 g/mol. The minimum atomic E-state index is 0.213. The van der Waals surface area contributed by atoms with Crippen molar-refractivity contribution in [2.24, 2.45) is 0 Å². The maximum Gasteiger partial charge on any atom is 0.0753 e. The van der Waals surface area contributed by atoms with Gasteiger partial charge in [-0.25, -0.2) is 5.43 Å². The monoisotopic (exact) mass is 416 g/mol. The van der Waals surface area contributed by atoms with Crippen molar-refractivity contribution in [2.45, 2.75) is 19.4 Å². The zero-order valence-electron chi connectivity index (χ0n) is 15.2. The van der Waals surface area contributed by atoms with E-state index in [1.807, 2.05) is 36.0 Å². The van der Waals surface area contributed by atoms with Crippen molar-refractivity contribution in [2.75, 3.05) is 18.1 Å². The number of nitrogens with one attached hydrogen (secondary N) is 1. The van der Waals surface area contributed by atoms with Gasteiger partial charge in [-0.05, 0) is 59.0 Å². The third kappa shape index (κ3) is 4.07. The molecule has 2 aromatic carbocycles. The SMILES string of the molecule is CCCN1NC(c2ccc(Cl)cc2)C2=C1/C(=C\c1ccc(Cl)cc1)CSC2. The minimum Gasteiger partial charge on any atom is -0.307 e. The largest absolute Gasteiger partial charge is 0.307 e. The Kier molecular flexibility index (Phi) is 5.84. The van der Waals surface area contributed by atoms with E-state index in [2.05, 4.69) is 47.7 Å². The molecule has 0 aromatic heterocycles. The van der Waals surface area contributed by atoms with Crippen LogP contribution in [0.25, 0.3) is 6.08 Å². The molecule has 140 valence electrons. The molecular formula is C22H22Cl2N2S. The highest BCUT2D eigenvalue weighted by molar-refractivity contribution is 7.99. The first-order chi connectivity index (χ1) is 13.2. The standard InChI is InChI=1S/C22H22Cl2N2S/c1-2-11-26-22-17(12-15-3-7-18(23)8-4-15)13-27-14-20(22)21(25-26)16-5-9-19(24)10-6-16/h3-10,12,21,25H,2,11,13-14H2,1H3/b17-12-. The van der Waals surface area contributed by atoms with Gasteiger partial charge in [0.05, 0.1) is 11.7 Å². The van der Waals surface area contributed by atoms with Crippen LogP contribution in [0, 0.1) is 0 Å². The Balaban J connectivity index is 1.74. The number of thioether (sulfide) groups is 1. The molecule has 0 bridgehead atoms. The van der Waals surface area contributed by atoms with E-state index in [0.717, 1.165) is 34.5 Å². The number of rotatable bonds is 4. The average Bonchev–Trinajstić information content (AvgIpc) is 3.04. The maximum absolute atomic E-state index is 6.09. The number of hydrazine groups is 1. The number of halogens is 2. The van der Waals surface area contributed by atoms with Gasteiger partial charge >= 0.3 is 0 Å². The van der Waals surface area contributed by atoms with Crippen LogP contribution in [0.4, 0.5) is 0 Å². The summed E-state index contributed by atoms with van der Waals surface area (Å²) in [5.74, 6) is 2.07. The lowest BCUT2D eigenvalue weighted by molar-refractivity contribution is 0.259. The third-order valence-corrected chi connectivity index (χ3v) is 6.42. The molecule has 5 heteroatoms. The molecule has 27 heavy (non-hydrogen) atoms. The number of allylic oxidation sites excluding steroid dienone is 1. The second kappa shape index (κ2) is 8.32. The molecule has 1 unspecified atom stereocenters. The van der Waals surface area contributed by atoms with Crippen LogP contribution in [0.15, 0.2) is 65.4 Å². The second-order valence-electron chi connectivity index (χ2n) is 6.85. The molecule has 2 heterocycles. The number of nitrogens with zero attached hydrogens (tertiary/aromatic N) is 1. The Hall–Kier alpha value is -1.39. The van der Waals surface area contributed by atoms with Gasteiger partial charge in [-0.3, -0.25) is 0 Å². The topological polar surface area (TPSA) is 15.3 Å². The highest BCUT2D eigenvalue weighted by Crippen LogP contribution is 2.42. The van der Waals surface area contributed by atoms with Crippen molar-refractivity contribution in [3.05, 3.63) is 86.5 Å². The van der Waals surface area contributed by atoms with Crippen LogP contribution in [0.5, 0.6) is 0 Å². The summed E-state index contributed by atoms with van der Waals surface area (Å²) < 4.78 is 0. The zero-order chi connectivity index (χ0) is 18.8. The van der Waals surface area contributed by atoms with Gasteiger partial charge in [0.25, 0.3) is 0 Å². The summed E-state index contributed by atoms with van der Waals surface area (Å²) >= 11 is 14.1. The van der Waals surface area contributed by atoms with Crippen LogP contribution >= 0.6 is 35.0 Å². The molecule has 4 rings (SSSR count). The summed E-state index contributed by atoms with van der Waals surface area (Å²) in [4.78, 5) is 0. The molecule has 0 radical (unpaired) electrons. The van der Waals surface area contributed by atoms with E-state index < -0.39 is 0 Å². The van der Waals surface area contributed by atoms with Crippen LogP contribution in [0.1, 0.15) is 30.5 Å². The Morgan fingerprint density at radius 2 is 1.70 bits per heavy atom. The molecular weight excluding hydrogens is 395 g/mol. The van der Waals surface area contributed by atoms with Crippen LogP contribution in [0.2, 0.25) is 10.0 Å². The zero-order valence-corrected chi connectivity index (χ0v) is 17.5. The van der Waals surface area contributed by atoms with E-state index >= 15 is 0 Å². The fourth-order valence-corrected chi connectivity index (χ4v) is 5.00. The molecule has 2 aliphatic heterocycles. The first-order valence-electron chi connectivity index (χ1n) is 9.22.